The lowest BCUT2D eigenvalue weighted by Gasteiger charge is -2.64. The van der Waals surface area contributed by atoms with Crippen LogP contribution in [-0.2, 0) is 47.7 Å². The lowest BCUT2D eigenvalue weighted by molar-refractivity contribution is -0.384. The molecule has 364 valence electrons. The van der Waals surface area contributed by atoms with Crippen molar-refractivity contribution in [1.29, 1.82) is 0 Å². The average Bonchev–Trinajstić information content (AvgIpc) is 4.02. The van der Waals surface area contributed by atoms with Gasteiger partial charge in [0.2, 0.25) is 0 Å². The van der Waals surface area contributed by atoms with E-state index in [1.165, 1.54) is 43.9 Å². The van der Waals surface area contributed by atoms with Crippen molar-refractivity contribution in [2.75, 3.05) is 65.4 Å². The topological polar surface area (TPSA) is 189 Å². The van der Waals surface area contributed by atoms with E-state index in [2.05, 4.69) is 75.3 Å². The molecule has 1 saturated carbocycles. The second kappa shape index (κ2) is 17.3. The minimum Gasteiger partial charge on any atom is -0.496 e. The van der Waals surface area contributed by atoms with E-state index in [0.717, 1.165) is 59.5 Å². The molecule has 10 rings (SSSR count). The predicted octanol–water partition coefficient (Wildman–Crippen LogP) is 6.46. The van der Waals surface area contributed by atoms with Crippen LogP contribution < -0.4 is 15.0 Å². The summed E-state index contributed by atoms with van der Waals surface area (Å²) in [6.45, 7) is 8.85. The summed E-state index contributed by atoms with van der Waals surface area (Å²) >= 11 is 0. The molecule has 6 aliphatic rings. The maximum absolute atomic E-state index is 15.5. The third kappa shape index (κ3) is 6.98. The van der Waals surface area contributed by atoms with E-state index >= 15 is 4.79 Å². The second-order valence-corrected chi connectivity index (χ2v) is 20.0. The number of aromatic nitrogens is 1. The normalized spacial score (nSPS) is 30.9. The molecule has 1 unspecified atom stereocenters. The first-order valence-corrected chi connectivity index (χ1v) is 24.2. The van der Waals surface area contributed by atoms with Crippen molar-refractivity contribution in [1.82, 2.24) is 20.1 Å². The highest BCUT2D eigenvalue weighted by molar-refractivity contribution is 5.94. The van der Waals surface area contributed by atoms with Crippen LogP contribution in [0.2, 0.25) is 0 Å². The Hall–Kier alpha value is -6.23. The number of aliphatic hydroxyl groups is 1. The number of nitrogens with zero attached hydrogens (tertiary/aromatic N) is 4. The first-order chi connectivity index (χ1) is 33.2. The van der Waals surface area contributed by atoms with E-state index in [-0.39, 0.29) is 30.8 Å². The number of rotatable bonds is 11. The van der Waals surface area contributed by atoms with E-state index < -0.39 is 56.9 Å². The number of methoxy groups -OCH3 is 2. The van der Waals surface area contributed by atoms with Gasteiger partial charge in [0.15, 0.2) is 0 Å². The number of likely N-dealkylation sites (N-methyl/N-ethyl adjacent to an activating group) is 1. The molecule has 2 fully saturated rings. The summed E-state index contributed by atoms with van der Waals surface area (Å²) in [5, 5.41) is 29.1. The standard InChI is InChI=1S/C53H62N6O10/c1-7-33-24-35-27-52(48(61)67-6,44-38(18-22-57(28-33)29-35)37-12-9-10-13-41(37)55-44)40-25-39-42(26-43(40)66-5)56(4)46-51(39)20-23-58-21-11-19-50(8-2,45(51)58)47(69-32(3)60)53(46,63)31-54-49(62)68-30-34-14-16-36(17-15-34)59(64)65/h9-17,19,24-26,35,45-47,55,63H,7-8,18,20-23,27-31H2,1-6H3,(H,54,62)/t35-,45-,46+,47+,50+,51+,52-,53-/m0/s1. The molecule has 3 aromatic carbocycles. The number of H-pyrrole nitrogens is 1. The van der Waals surface area contributed by atoms with Crippen molar-refractivity contribution in [2.45, 2.75) is 94.1 Å². The number of benzene rings is 3. The molecule has 1 saturated heterocycles. The van der Waals surface area contributed by atoms with Crippen LogP contribution in [0.25, 0.3) is 10.9 Å². The van der Waals surface area contributed by atoms with Crippen LogP contribution >= 0.6 is 0 Å². The van der Waals surface area contributed by atoms with Gasteiger partial charge in [-0.2, -0.15) is 0 Å². The summed E-state index contributed by atoms with van der Waals surface area (Å²) in [6.07, 6.45) is 7.73. The molecular formula is C53H62N6O10. The Labute approximate surface area is 401 Å². The Balaban J connectivity index is 1.16. The zero-order valence-corrected chi connectivity index (χ0v) is 40.2. The molecule has 2 bridgehead atoms. The number of fused-ring (bicyclic) bond motifs is 6. The Morgan fingerprint density at radius 1 is 1.03 bits per heavy atom. The van der Waals surface area contributed by atoms with Gasteiger partial charge in [0.25, 0.3) is 5.69 Å². The number of nitro groups is 1. The molecule has 0 radical (unpaired) electrons. The minimum atomic E-state index is -1.93. The van der Waals surface area contributed by atoms with Crippen molar-refractivity contribution >= 4 is 40.3 Å². The van der Waals surface area contributed by atoms with Gasteiger partial charge in [-0.25, -0.2) is 4.79 Å². The molecule has 1 amide bonds. The molecule has 1 aromatic heterocycles. The summed E-state index contributed by atoms with van der Waals surface area (Å²) in [5.41, 5.74) is 1.88. The largest absolute Gasteiger partial charge is 0.496 e. The highest BCUT2D eigenvalue weighted by Gasteiger charge is 2.78. The molecule has 1 spiro atoms. The van der Waals surface area contributed by atoms with E-state index in [4.69, 9.17) is 18.9 Å². The van der Waals surface area contributed by atoms with Crippen LogP contribution in [0.5, 0.6) is 5.75 Å². The summed E-state index contributed by atoms with van der Waals surface area (Å²) in [5.74, 6) is -0.487. The molecule has 6 heterocycles. The van der Waals surface area contributed by atoms with Crippen molar-refractivity contribution in [2.24, 2.45) is 11.3 Å². The van der Waals surface area contributed by atoms with Crippen LogP contribution in [0.3, 0.4) is 0 Å². The average molecular weight is 943 g/mol. The van der Waals surface area contributed by atoms with Gasteiger partial charge in [0, 0.05) is 103 Å². The molecule has 3 N–H and O–H groups in total. The van der Waals surface area contributed by atoms with Gasteiger partial charge in [-0.3, -0.25) is 29.5 Å². The van der Waals surface area contributed by atoms with Crippen molar-refractivity contribution < 1.29 is 43.4 Å². The van der Waals surface area contributed by atoms with E-state index in [0.29, 0.717) is 55.6 Å². The molecule has 69 heavy (non-hydrogen) atoms. The zero-order valence-electron chi connectivity index (χ0n) is 40.2. The quantitative estimate of drug-likeness (QED) is 0.0489. The van der Waals surface area contributed by atoms with Crippen LogP contribution in [0.15, 0.2) is 84.5 Å². The summed E-state index contributed by atoms with van der Waals surface area (Å²) in [6, 6.07) is 17.0. The third-order valence-corrected chi connectivity index (χ3v) is 16.7. The fraction of sp³-hybridized carbons (Fsp3) is 0.491. The van der Waals surface area contributed by atoms with Crippen LogP contribution in [0.4, 0.5) is 16.2 Å². The number of anilines is 1. The molecular weight excluding hydrogens is 881 g/mol. The van der Waals surface area contributed by atoms with Gasteiger partial charge in [-0.05, 0) is 85.5 Å². The number of amides is 1. The number of aromatic amines is 1. The van der Waals surface area contributed by atoms with Gasteiger partial charge in [0.1, 0.15) is 29.5 Å². The summed E-state index contributed by atoms with van der Waals surface area (Å²) < 4.78 is 24.5. The number of carbonyl (C=O) groups is 3. The van der Waals surface area contributed by atoms with Gasteiger partial charge in [0.05, 0.1) is 31.7 Å². The van der Waals surface area contributed by atoms with Crippen LogP contribution in [0, 0.1) is 21.4 Å². The number of nitro benzene ring substituents is 1. The highest BCUT2D eigenvalue weighted by Crippen LogP contribution is 2.68. The minimum absolute atomic E-state index is 0.00889. The molecule has 1 aliphatic carbocycles. The van der Waals surface area contributed by atoms with Crippen LogP contribution in [-0.4, -0.2) is 127 Å². The maximum Gasteiger partial charge on any atom is 0.407 e. The number of ether oxygens (including phenoxy) is 4. The fourth-order valence-electron chi connectivity index (χ4n) is 14.1. The summed E-state index contributed by atoms with van der Waals surface area (Å²) in [4.78, 5) is 64.1. The molecule has 4 aromatic rings. The first-order valence-electron chi connectivity index (χ1n) is 24.2. The van der Waals surface area contributed by atoms with Crippen molar-refractivity contribution in [3.63, 3.8) is 0 Å². The zero-order chi connectivity index (χ0) is 48.6. The number of alkyl carbamates (subject to hydrolysis) is 1. The van der Waals surface area contributed by atoms with Crippen molar-refractivity contribution in [3.8, 4) is 5.75 Å². The molecule has 9 atom stereocenters. The van der Waals surface area contributed by atoms with Crippen molar-refractivity contribution in [3.05, 3.63) is 123 Å². The molecule has 16 nitrogen and oxygen atoms in total. The van der Waals surface area contributed by atoms with E-state index in [1.54, 1.807) is 7.11 Å². The number of hydrogen-bond donors (Lipinski definition) is 3. The highest BCUT2D eigenvalue weighted by atomic mass is 16.6. The number of hydrogen-bond acceptors (Lipinski definition) is 13. The second-order valence-electron chi connectivity index (χ2n) is 20.0. The Bertz CT molecular complexity index is 2790. The Morgan fingerprint density at radius 3 is 2.52 bits per heavy atom. The summed E-state index contributed by atoms with van der Waals surface area (Å²) in [7, 11) is 5.01. The van der Waals surface area contributed by atoms with Gasteiger partial charge < -0.3 is 39.3 Å². The third-order valence-electron chi connectivity index (χ3n) is 16.7. The Kier molecular flexibility index (Phi) is 11.7. The monoisotopic (exact) mass is 942 g/mol. The smallest absolute Gasteiger partial charge is 0.407 e. The van der Waals surface area contributed by atoms with E-state index in [9.17, 15) is 24.8 Å². The molecule has 5 aliphatic heterocycles. The van der Waals surface area contributed by atoms with Gasteiger partial charge in [-0.15, -0.1) is 0 Å². The first kappa shape index (κ1) is 46.5. The van der Waals surface area contributed by atoms with E-state index in [1.807, 2.05) is 25.2 Å². The number of non-ortho nitro benzene ring substituents is 1. The predicted molar refractivity (Wildman–Crippen MR) is 258 cm³/mol. The van der Waals surface area contributed by atoms with Gasteiger partial charge in [-0.1, -0.05) is 55.8 Å². The number of esters is 2. The lowest BCUT2D eigenvalue weighted by Crippen LogP contribution is -2.81. The van der Waals surface area contributed by atoms with Crippen LogP contribution in [0.1, 0.15) is 74.4 Å². The number of carbonyl (C=O) groups excluding carboxylic acids is 3. The molecule has 16 heteroatoms. The number of para-hydroxylation sites is 1. The SMILES string of the molecule is CCC1=C[C@@H]2CN(CCc3c([nH]c4ccccc34)[C@@](C(=O)OC)(c3cc4c(cc3OC)N(C)[C@H]3[C@@](O)(CNC(=O)OCc5ccc([N+](=O)[O-])cc5)[C@H](OC(C)=O)[C@]5(CC)C=CCN6CC[C@]43[C@@H]65)C2)C1. The lowest BCUT2D eigenvalue weighted by atomic mass is 9.47. The maximum atomic E-state index is 15.5. The number of nitrogens with one attached hydrogen (secondary N) is 2. The van der Waals surface area contributed by atoms with Gasteiger partial charge >= 0.3 is 18.0 Å². The fourth-order valence-corrected chi connectivity index (χ4v) is 14.1. The Morgan fingerprint density at radius 2 is 1.81 bits per heavy atom.